The summed E-state index contributed by atoms with van der Waals surface area (Å²) in [6.07, 6.45) is 4.43. The molecule has 6 aromatic carbocycles. The van der Waals surface area contributed by atoms with Gasteiger partial charge in [0.05, 0.1) is 11.8 Å². The Morgan fingerprint density at radius 2 is 1.49 bits per heavy atom. The van der Waals surface area contributed by atoms with Crippen molar-refractivity contribution >= 4 is 44.4 Å². The van der Waals surface area contributed by atoms with Crippen molar-refractivity contribution in [2.24, 2.45) is 4.99 Å². The summed E-state index contributed by atoms with van der Waals surface area (Å²) in [4.78, 5) is 5.39. The molecule has 4 nitrogen and oxygen atoms in total. The summed E-state index contributed by atoms with van der Waals surface area (Å²) in [6.45, 7) is 9.05. The van der Waals surface area contributed by atoms with Crippen LogP contribution in [-0.4, -0.2) is 16.3 Å². The second-order valence-corrected chi connectivity index (χ2v) is 13.7. The molecule has 244 valence electrons. The minimum atomic E-state index is 0.0240. The molecule has 4 heteroatoms. The third kappa shape index (κ3) is 4.53. The SMILES string of the molecule is C=CC1=NC2CC(=C)n3c([n+](-c4ccccc4-c4ccccc4)c4ccccc43)-c3c(ccc4c3oc3ccccc34)CCC2c2ccccc21. The molecule has 0 saturated heterocycles. The maximum atomic E-state index is 6.92. The molecule has 0 saturated carbocycles. The number of furan rings is 1. The smallest absolute Gasteiger partial charge is 0.304 e. The Morgan fingerprint density at radius 3 is 2.37 bits per heavy atom. The first-order valence-electron chi connectivity index (χ1n) is 17.8. The number of aliphatic imine (C=N–C) groups is 1. The van der Waals surface area contributed by atoms with Crippen LogP contribution in [0.4, 0.5) is 0 Å². The van der Waals surface area contributed by atoms with Crippen LogP contribution in [0, 0.1) is 0 Å². The average molecular weight is 659 g/mol. The highest BCUT2D eigenvalue weighted by molar-refractivity contribution is 6.11. The fourth-order valence-electron chi connectivity index (χ4n) is 8.71. The maximum Gasteiger partial charge on any atom is 0.304 e. The molecule has 0 aliphatic carbocycles. The molecular formula is C47H36N3O+. The van der Waals surface area contributed by atoms with E-state index in [4.69, 9.17) is 16.0 Å². The minimum Gasteiger partial charge on any atom is -0.455 e. The molecule has 2 unspecified atom stereocenters. The Balaban J connectivity index is 1.33. The van der Waals surface area contributed by atoms with Crippen LogP contribution in [0.15, 0.2) is 168 Å². The Bertz CT molecular complexity index is 2730. The van der Waals surface area contributed by atoms with E-state index in [9.17, 15) is 0 Å². The second kappa shape index (κ2) is 11.7. The molecule has 0 N–H and O–H groups in total. The van der Waals surface area contributed by atoms with Crippen molar-refractivity contribution in [1.29, 1.82) is 0 Å². The average Bonchev–Trinajstić information content (AvgIpc) is 3.73. The van der Waals surface area contributed by atoms with Gasteiger partial charge in [0.1, 0.15) is 22.5 Å². The highest BCUT2D eigenvalue weighted by Gasteiger charge is 2.39. The molecule has 0 amide bonds. The van der Waals surface area contributed by atoms with Crippen LogP contribution in [0.25, 0.3) is 66.9 Å². The number of benzene rings is 6. The van der Waals surface area contributed by atoms with Crippen molar-refractivity contribution in [2.45, 2.75) is 31.2 Å². The number of hydrogen-bond acceptors (Lipinski definition) is 2. The van der Waals surface area contributed by atoms with Gasteiger partial charge in [-0.15, -0.1) is 0 Å². The molecule has 0 spiro atoms. The second-order valence-electron chi connectivity index (χ2n) is 13.7. The standard InChI is InChI=1S/C47H36N3O/c1-3-39-35-19-8-7-18-34(35)36-27-25-32-26-28-38-37-20-10-14-24-44(37)51-46(38)45(32)47-49(30(2)29-40(36)48-39)42-22-12-13-23-43(42)50(47)41-21-11-9-17-33(41)31-15-5-4-6-16-31/h3-24,26,28,36,40H,1-2,25,27,29H2/q+1. The third-order valence-corrected chi connectivity index (χ3v) is 11.0. The lowest BCUT2D eigenvalue weighted by molar-refractivity contribution is -0.554. The first kappa shape index (κ1) is 29.6. The number of allylic oxidation sites excluding steroid dienone is 1. The Kier molecular flexibility index (Phi) is 6.78. The zero-order chi connectivity index (χ0) is 34.1. The van der Waals surface area contributed by atoms with Gasteiger partial charge in [-0.1, -0.05) is 128 Å². The summed E-state index contributed by atoms with van der Waals surface area (Å²) in [5, 5.41) is 2.24. The Morgan fingerprint density at radius 1 is 0.745 bits per heavy atom. The molecule has 2 aliphatic heterocycles. The minimum absolute atomic E-state index is 0.0240. The van der Waals surface area contributed by atoms with Crippen LogP contribution < -0.4 is 4.57 Å². The van der Waals surface area contributed by atoms with E-state index >= 15 is 0 Å². The van der Waals surface area contributed by atoms with E-state index in [2.05, 4.69) is 155 Å². The number of nitrogens with zero attached hydrogens (tertiary/aromatic N) is 3. The van der Waals surface area contributed by atoms with E-state index in [0.717, 1.165) is 79.9 Å². The lowest BCUT2D eigenvalue weighted by Crippen LogP contribution is -2.34. The summed E-state index contributed by atoms with van der Waals surface area (Å²) in [5.74, 6) is 1.28. The largest absolute Gasteiger partial charge is 0.455 e. The number of aromatic nitrogens is 2. The normalized spacial score (nSPS) is 17.0. The molecular weight excluding hydrogens is 623 g/mol. The van der Waals surface area contributed by atoms with Gasteiger partial charge in [-0.2, -0.15) is 9.13 Å². The molecule has 0 bridgehead atoms. The third-order valence-electron chi connectivity index (χ3n) is 11.0. The van der Waals surface area contributed by atoms with Crippen molar-refractivity contribution in [3.63, 3.8) is 0 Å². The molecule has 51 heavy (non-hydrogen) atoms. The van der Waals surface area contributed by atoms with Crippen LogP contribution in [0.3, 0.4) is 0 Å². The van der Waals surface area contributed by atoms with Gasteiger partial charge >= 0.3 is 5.82 Å². The van der Waals surface area contributed by atoms with E-state index < -0.39 is 0 Å². The van der Waals surface area contributed by atoms with Crippen LogP contribution in [0.1, 0.15) is 35.4 Å². The van der Waals surface area contributed by atoms with Crippen molar-refractivity contribution in [2.75, 3.05) is 0 Å². The molecule has 10 rings (SSSR count). The van der Waals surface area contributed by atoms with Crippen LogP contribution in [0.2, 0.25) is 0 Å². The van der Waals surface area contributed by atoms with Gasteiger partial charge in [-0.25, -0.2) is 0 Å². The van der Waals surface area contributed by atoms with Crippen LogP contribution >= 0.6 is 0 Å². The highest BCUT2D eigenvalue weighted by Crippen LogP contribution is 2.45. The summed E-state index contributed by atoms with van der Waals surface area (Å²) in [6, 6.07) is 49.9. The van der Waals surface area contributed by atoms with Gasteiger partial charge in [-0.05, 0) is 59.9 Å². The highest BCUT2D eigenvalue weighted by atomic mass is 16.3. The topological polar surface area (TPSA) is 34.3 Å². The molecule has 0 fully saturated rings. The maximum absolute atomic E-state index is 6.92. The Hall–Kier alpha value is -6.26. The van der Waals surface area contributed by atoms with Crippen molar-refractivity contribution in [3.8, 4) is 28.2 Å². The van der Waals surface area contributed by atoms with Crippen molar-refractivity contribution in [3.05, 3.63) is 175 Å². The molecule has 2 atom stereocenters. The summed E-state index contributed by atoms with van der Waals surface area (Å²) in [7, 11) is 0. The molecule has 8 aromatic rings. The first-order valence-corrected chi connectivity index (χ1v) is 17.8. The molecule has 0 radical (unpaired) electrons. The summed E-state index contributed by atoms with van der Waals surface area (Å²) in [5.41, 5.74) is 14.3. The summed E-state index contributed by atoms with van der Waals surface area (Å²) < 4.78 is 11.8. The van der Waals surface area contributed by atoms with E-state index in [1.165, 1.54) is 22.3 Å². The van der Waals surface area contributed by atoms with E-state index in [-0.39, 0.29) is 12.0 Å². The van der Waals surface area contributed by atoms with Gasteiger partial charge in [0, 0.05) is 34.2 Å². The van der Waals surface area contributed by atoms with Crippen LogP contribution in [0.5, 0.6) is 0 Å². The zero-order valence-electron chi connectivity index (χ0n) is 28.3. The fraction of sp³-hybridized carbons (Fsp3) is 0.106. The van der Waals surface area contributed by atoms with Gasteiger partial charge in [0.15, 0.2) is 16.6 Å². The quantitative estimate of drug-likeness (QED) is 0.174. The predicted octanol–water partition coefficient (Wildman–Crippen LogP) is 11.1. The molecule has 2 aliphatic rings. The van der Waals surface area contributed by atoms with Gasteiger partial charge in [0.25, 0.3) is 0 Å². The Labute approximate surface area is 297 Å². The number of aryl methyl sites for hydroxylation is 1. The summed E-state index contributed by atoms with van der Waals surface area (Å²) >= 11 is 0. The van der Waals surface area contributed by atoms with E-state index in [1.807, 2.05) is 6.08 Å². The van der Waals surface area contributed by atoms with E-state index in [1.54, 1.807) is 0 Å². The van der Waals surface area contributed by atoms with Crippen molar-refractivity contribution < 1.29 is 8.98 Å². The number of rotatable bonds is 3. The lowest BCUT2D eigenvalue weighted by Gasteiger charge is -2.32. The monoisotopic (exact) mass is 658 g/mol. The van der Waals surface area contributed by atoms with Crippen molar-refractivity contribution in [1.82, 2.24) is 4.57 Å². The fourth-order valence-corrected chi connectivity index (χ4v) is 8.71. The van der Waals surface area contributed by atoms with Gasteiger partial charge in [0.2, 0.25) is 0 Å². The first-order chi connectivity index (χ1) is 25.2. The molecule has 4 heterocycles. The number of imidazole rings is 1. The zero-order valence-corrected chi connectivity index (χ0v) is 28.3. The van der Waals surface area contributed by atoms with E-state index in [0.29, 0.717) is 6.42 Å². The number of fused-ring (bicyclic) bond motifs is 12. The lowest BCUT2D eigenvalue weighted by atomic mass is 9.78. The van der Waals surface area contributed by atoms with Gasteiger partial charge < -0.3 is 4.42 Å². The number of para-hydroxylation sites is 4. The molecule has 2 aromatic heterocycles. The van der Waals surface area contributed by atoms with Crippen LogP contribution in [-0.2, 0) is 6.42 Å². The predicted molar refractivity (Wildman–Crippen MR) is 210 cm³/mol. The number of hydrogen-bond donors (Lipinski definition) is 0. The van der Waals surface area contributed by atoms with Gasteiger partial charge in [-0.3, -0.25) is 4.99 Å².